The van der Waals surface area contributed by atoms with E-state index in [-0.39, 0.29) is 0 Å². The summed E-state index contributed by atoms with van der Waals surface area (Å²) in [5.74, 6) is 1.22. The third-order valence-corrected chi connectivity index (χ3v) is 5.46. The smallest absolute Gasteiger partial charge is 0.106 e. The number of fused-ring (bicyclic) bond motifs is 1. The van der Waals surface area contributed by atoms with E-state index in [0.29, 0.717) is 6.04 Å². The van der Waals surface area contributed by atoms with Gasteiger partial charge in [0.1, 0.15) is 5.82 Å². The average molecular weight is 302 g/mol. The molecule has 2 aliphatic rings. The Kier molecular flexibility index (Phi) is 3.55. The van der Waals surface area contributed by atoms with Crippen molar-refractivity contribution in [2.45, 2.75) is 51.6 Å². The lowest BCUT2D eigenvalue weighted by atomic mass is 10.0. The van der Waals surface area contributed by atoms with E-state index in [4.69, 9.17) is 4.98 Å². The first-order valence-electron chi connectivity index (χ1n) is 7.97. The Hall–Kier alpha value is -1.20. The molecule has 1 aliphatic carbocycles. The Bertz CT molecular complexity index is 617. The minimum Gasteiger partial charge on any atom is -0.328 e. The van der Waals surface area contributed by atoms with Gasteiger partial charge >= 0.3 is 0 Å². The van der Waals surface area contributed by atoms with Crippen molar-refractivity contribution in [3.05, 3.63) is 33.8 Å². The second kappa shape index (κ2) is 5.54. The van der Waals surface area contributed by atoms with Gasteiger partial charge in [0.25, 0.3) is 0 Å². The molecular formula is C16H22N4S. The molecule has 0 spiro atoms. The molecular weight excluding hydrogens is 280 g/mol. The molecule has 21 heavy (non-hydrogen) atoms. The molecule has 4 rings (SSSR count). The zero-order chi connectivity index (χ0) is 14.2. The first kappa shape index (κ1) is 13.5. The minimum atomic E-state index is 0.609. The normalized spacial score (nSPS) is 22.6. The molecule has 2 aromatic heterocycles. The number of hydrogen-bond acceptors (Lipinski definition) is 4. The van der Waals surface area contributed by atoms with Crippen molar-refractivity contribution in [3.8, 4) is 0 Å². The van der Waals surface area contributed by atoms with E-state index in [1.807, 2.05) is 5.51 Å². The monoisotopic (exact) mass is 302 g/mol. The van der Waals surface area contributed by atoms with Crippen molar-refractivity contribution in [1.29, 1.82) is 0 Å². The summed E-state index contributed by atoms with van der Waals surface area (Å²) in [5, 5.41) is 2.16. The van der Waals surface area contributed by atoms with Crippen molar-refractivity contribution in [3.63, 3.8) is 0 Å². The van der Waals surface area contributed by atoms with Crippen LogP contribution in [0.2, 0.25) is 0 Å². The van der Waals surface area contributed by atoms with Crippen LogP contribution in [0, 0.1) is 6.92 Å². The van der Waals surface area contributed by atoms with Crippen LogP contribution in [-0.4, -0.2) is 32.5 Å². The summed E-state index contributed by atoms with van der Waals surface area (Å²) < 4.78 is 2.55. The summed E-state index contributed by atoms with van der Waals surface area (Å²) in [5.41, 5.74) is 6.04. The fourth-order valence-corrected chi connectivity index (χ4v) is 4.44. The van der Waals surface area contributed by atoms with Crippen LogP contribution in [0.15, 0.2) is 10.9 Å². The molecule has 2 aromatic rings. The van der Waals surface area contributed by atoms with E-state index in [9.17, 15) is 0 Å². The third-order valence-electron chi connectivity index (χ3n) is 4.83. The lowest BCUT2D eigenvalue weighted by molar-refractivity contribution is 0.311. The molecule has 5 heteroatoms. The van der Waals surface area contributed by atoms with Gasteiger partial charge in [-0.05, 0) is 39.0 Å². The molecule has 3 heterocycles. The number of aryl methyl sites for hydroxylation is 2. The fourth-order valence-electron chi connectivity index (χ4n) is 3.89. The highest BCUT2D eigenvalue weighted by atomic mass is 32.1. The second-order valence-electron chi connectivity index (χ2n) is 6.29. The van der Waals surface area contributed by atoms with E-state index >= 15 is 0 Å². The summed E-state index contributed by atoms with van der Waals surface area (Å²) in [6, 6.07) is 0.609. The molecule has 4 nitrogen and oxygen atoms in total. The number of hydrogen-bond donors (Lipinski definition) is 0. The molecule has 0 unspecified atom stereocenters. The first-order chi connectivity index (χ1) is 10.3. The molecule has 0 aromatic carbocycles. The zero-order valence-electron chi connectivity index (χ0n) is 12.6. The van der Waals surface area contributed by atoms with Crippen molar-refractivity contribution in [2.24, 2.45) is 0 Å². The minimum absolute atomic E-state index is 0.609. The van der Waals surface area contributed by atoms with Crippen molar-refractivity contribution in [2.75, 3.05) is 13.1 Å². The van der Waals surface area contributed by atoms with Crippen LogP contribution >= 0.6 is 11.3 Å². The molecule has 1 aliphatic heterocycles. The molecule has 0 saturated carbocycles. The van der Waals surface area contributed by atoms with E-state index in [2.05, 4.69) is 26.8 Å². The Balaban J connectivity index is 1.52. The van der Waals surface area contributed by atoms with Crippen LogP contribution < -0.4 is 0 Å². The van der Waals surface area contributed by atoms with Crippen LogP contribution in [0.1, 0.15) is 48.2 Å². The quantitative estimate of drug-likeness (QED) is 0.874. The SMILES string of the molecule is Cc1nc2c(n1[C@H]1CCN(Cc3cscn3)C1)CCCC2. The van der Waals surface area contributed by atoms with E-state index < -0.39 is 0 Å². The first-order valence-corrected chi connectivity index (χ1v) is 8.91. The second-order valence-corrected chi connectivity index (χ2v) is 7.01. The molecule has 1 fully saturated rings. The van der Waals surface area contributed by atoms with Crippen molar-refractivity contribution < 1.29 is 0 Å². The number of likely N-dealkylation sites (tertiary alicyclic amines) is 1. The molecule has 1 saturated heterocycles. The van der Waals surface area contributed by atoms with Gasteiger partial charge in [0.05, 0.1) is 16.9 Å². The Morgan fingerprint density at radius 3 is 3.10 bits per heavy atom. The van der Waals surface area contributed by atoms with Crippen LogP contribution in [0.4, 0.5) is 0 Å². The van der Waals surface area contributed by atoms with E-state index in [1.54, 1.807) is 11.3 Å². The molecule has 0 bridgehead atoms. The molecule has 0 radical (unpaired) electrons. The van der Waals surface area contributed by atoms with E-state index in [0.717, 1.165) is 13.1 Å². The van der Waals surface area contributed by atoms with Gasteiger partial charge in [-0.25, -0.2) is 9.97 Å². The fraction of sp³-hybridized carbons (Fsp3) is 0.625. The average Bonchev–Trinajstić information content (AvgIpc) is 3.18. The Labute approximate surface area is 129 Å². The number of rotatable bonds is 3. The lowest BCUT2D eigenvalue weighted by Gasteiger charge is -2.21. The van der Waals surface area contributed by atoms with Crippen LogP contribution in [0.5, 0.6) is 0 Å². The van der Waals surface area contributed by atoms with Crippen molar-refractivity contribution >= 4 is 11.3 Å². The summed E-state index contributed by atoms with van der Waals surface area (Å²) in [6.07, 6.45) is 6.28. The largest absolute Gasteiger partial charge is 0.328 e. The number of aromatic nitrogens is 3. The Morgan fingerprint density at radius 1 is 1.33 bits per heavy atom. The maximum absolute atomic E-state index is 4.83. The van der Waals surface area contributed by atoms with Crippen molar-refractivity contribution in [1.82, 2.24) is 19.4 Å². The van der Waals surface area contributed by atoms with Crippen LogP contribution in [0.25, 0.3) is 0 Å². The standard InChI is InChI=1S/C16H22N4S/c1-12-18-15-4-2-3-5-16(15)20(12)14-6-7-19(9-14)8-13-10-21-11-17-13/h10-11,14H,2-9H2,1H3/t14-/m0/s1. The zero-order valence-corrected chi connectivity index (χ0v) is 13.4. The summed E-state index contributed by atoms with van der Waals surface area (Å²) in [6.45, 7) is 5.49. The van der Waals surface area contributed by atoms with Gasteiger partial charge < -0.3 is 4.57 Å². The number of imidazole rings is 1. The summed E-state index contributed by atoms with van der Waals surface area (Å²) >= 11 is 1.69. The van der Waals surface area contributed by atoms with Gasteiger partial charge in [0, 0.05) is 36.8 Å². The predicted octanol–water partition coefficient (Wildman–Crippen LogP) is 2.97. The van der Waals surface area contributed by atoms with Gasteiger partial charge in [-0.1, -0.05) is 0 Å². The molecule has 1 atom stereocenters. The van der Waals surface area contributed by atoms with Gasteiger partial charge in [-0.15, -0.1) is 11.3 Å². The van der Waals surface area contributed by atoms with Gasteiger partial charge in [0.2, 0.25) is 0 Å². The van der Waals surface area contributed by atoms with E-state index in [1.165, 1.54) is 61.6 Å². The van der Waals surface area contributed by atoms with Crippen LogP contribution in [-0.2, 0) is 19.4 Å². The summed E-state index contributed by atoms with van der Waals surface area (Å²) in [4.78, 5) is 11.8. The maximum atomic E-state index is 4.83. The van der Waals surface area contributed by atoms with Gasteiger partial charge in [0.15, 0.2) is 0 Å². The molecule has 0 amide bonds. The maximum Gasteiger partial charge on any atom is 0.106 e. The topological polar surface area (TPSA) is 34.0 Å². The summed E-state index contributed by atoms with van der Waals surface area (Å²) in [7, 11) is 0. The number of nitrogens with zero attached hydrogens (tertiary/aromatic N) is 4. The predicted molar refractivity (Wildman–Crippen MR) is 84.7 cm³/mol. The highest BCUT2D eigenvalue weighted by Crippen LogP contribution is 2.30. The molecule has 0 N–H and O–H groups in total. The highest BCUT2D eigenvalue weighted by Gasteiger charge is 2.29. The third kappa shape index (κ3) is 2.53. The van der Waals surface area contributed by atoms with Crippen LogP contribution in [0.3, 0.4) is 0 Å². The lowest BCUT2D eigenvalue weighted by Crippen LogP contribution is -2.22. The highest BCUT2D eigenvalue weighted by molar-refractivity contribution is 7.07. The van der Waals surface area contributed by atoms with Gasteiger partial charge in [-0.2, -0.15) is 0 Å². The van der Waals surface area contributed by atoms with Gasteiger partial charge in [-0.3, -0.25) is 4.90 Å². The Morgan fingerprint density at radius 2 is 2.24 bits per heavy atom. The molecule has 112 valence electrons. The number of thiazole rings is 1.